The first-order chi connectivity index (χ1) is 8.40. The summed E-state index contributed by atoms with van der Waals surface area (Å²) in [4.78, 5) is 26.2. The average Bonchev–Trinajstić information content (AvgIpc) is 2.79. The second-order valence-corrected chi connectivity index (χ2v) is 6.38. The molecule has 0 aliphatic carbocycles. The van der Waals surface area contributed by atoms with Crippen molar-refractivity contribution in [1.29, 1.82) is 0 Å². The number of carbonyl (C=O) groups excluding carboxylic acids is 2. The van der Waals surface area contributed by atoms with Gasteiger partial charge in [-0.3, -0.25) is 10.1 Å². The highest BCUT2D eigenvalue weighted by Crippen LogP contribution is 2.29. The summed E-state index contributed by atoms with van der Waals surface area (Å²) in [6.07, 6.45) is 0. The van der Waals surface area contributed by atoms with Gasteiger partial charge in [0.2, 0.25) is 5.91 Å². The van der Waals surface area contributed by atoms with E-state index in [0.29, 0.717) is 13.1 Å². The molecule has 1 aromatic heterocycles. The van der Waals surface area contributed by atoms with E-state index >= 15 is 0 Å². The highest BCUT2D eigenvalue weighted by atomic mass is 32.1. The molecular weight excluding hydrogens is 248 g/mol. The maximum absolute atomic E-state index is 11.8. The summed E-state index contributed by atoms with van der Waals surface area (Å²) in [5, 5.41) is 4.44. The van der Waals surface area contributed by atoms with Crippen LogP contribution in [0.5, 0.6) is 0 Å². The van der Waals surface area contributed by atoms with Crippen molar-refractivity contribution in [1.82, 2.24) is 10.2 Å². The van der Waals surface area contributed by atoms with Gasteiger partial charge in [0, 0.05) is 23.4 Å². The summed E-state index contributed by atoms with van der Waals surface area (Å²) in [6.45, 7) is 7.20. The molecule has 1 saturated heterocycles. The smallest absolute Gasteiger partial charge is 0.323 e. The lowest BCUT2D eigenvalue weighted by atomic mass is 9.90. The van der Waals surface area contributed by atoms with Crippen LogP contribution < -0.4 is 5.32 Å². The molecule has 5 heteroatoms. The van der Waals surface area contributed by atoms with Crippen molar-refractivity contribution >= 4 is 23.3 Å². The quantitative estimate of drug-likeness (QED) is 0.912. The molecule has 0 radical (unpaired) electrons. The molecule has 0 bridgehead atoms. The number of nitrogens with zero attached hydrogens (tertiary/aromatic N) is 1. The lowest BCUT2D eigenvalue weighted by Crippen LogP contribution is -2.56. The van der Waals surface area contributed by atoms with Crippen LogP contribution in [0.3, 0.4) is 0 Å². The zero-order valence-electron chi connectivity index (χ0n) is 10.9. The molecule has 2 heterocycles. The number of urea groups is 1. The number of imide groups is 1. The zero-order valence-corrected chi connectivity index (χ0v) is 11.7. The number of carbonyl (C=O) groups is 2. The van der Waals surface area contributed by atoms with E-state index in [0.717, 1.165) is 0 Å². The Morgan fingerprint density at radius 2 is 2.22 bits per heavy atom. The molecule has 18 heavy (non-hydrogen) atoms. The molecule has 1 aliphatic rings. The van der Waals surface area contributed by atoms with E-state index in [4.69, 9.17) is 0 Å². The van der Waals surface area contributed by atoms with Crippen LogP contribution in [0, 0.1) is 5.92 Å². The molecule has 1 unspecified atom stereocenters. The largest absolute Gasteiger partial charge is 0.324 e. The molecule has 1 aromatic rings. The lowest BCUT2D eigenvalue weighted by Gasteiger charge is -2.36. The number of amides is 3. The van der Waals surface area contributed by atoms with Gasteiger partial charge in [-0.15, -0.1) is 11.3 Å². The summed E-state index contributed by atoms with van der Waals surface area (Å²) in [6, 6.07) is 3.83. The molecule has 1 fully saturated rings. The van der Waals surface area contributed by atoms with Gasteiger partial charge in [-0.05, 0) is 11.4 Å². The third kappa shape index (κ3) is 2.56. The second kappa shape index (κ2) is 4.72. The minimum atomic E-state index is -0.275. The molecule has 0 spiro atoms. The van der Waals surface area contributed by atoms with Crippen LogP contribution in [-0.2, 0) is 10.2 Å². The summed E-state index contributed by atoms with van der Waals surface area (Å²) in [5.74, 6) is -0.313. The molecular formula is C13H18N2O2S. The highest BCUT2D eigenvalue weighted by Gasteiger charge is 2.33. The van der Waals surface area contributed by atoms with E-state index in [9.17, 15) is 9.59 Å². The van der Waals surface area contributed by atoms with Crippen LogP contribution in [-0.4, -0.2) is 29.9 Å². The Labute approximate surface area is 111 Å². The molecule has 3 amide bonds. The van der Waals surface area contributed by atoms with Crippen molar-refractivity contribution in [3.63, 3.8) is 0 Å². The van der Waals surface area contributed by atoms with Crippen molar-refractivity contribution in [3.8, 4) is 0 Å². The van der Waals surface area contributed by atoms with Crippen LogP contribution in [0.2, 0.25) is 0 Å². The topological polar surface area (TPSA) is 49.4 Å². The number of nitrogens with one attached hydrogen (secondary N) is 1. The lowest BCUT2D eigenvalue weighted by molar-refractivity contribution is -0.125. The number of hydrogen-bond acceptors (Lipinski definition) is 3. The van der Waals surface area contributed by atoms with E-state index in [1.54, 1.807) is 16.2 Å². The van der Waals surface area contributed by atoms with Gasteiger partial charge in [0.05, 0.1) is 5.92 Å². The Morgan fingerprint density at radius 3 is 2.83 bits per heavy atom. The van der Waals surface area contributed by atoms with Gasteiger partial charge in [-0.1, -0.05) is 26.8 Å². The van der Waals surface area contributed by atoms with Gasteiger partial charge < -0.3 is 4.90 Å². The molecule has 2 rings (SSSR count). The average molecular weight is 266 g/mol. The van der Waals surface area contributed by atoms with Crippen molar-refractivity contribution in [2.75, 3.05) is 13.1 Å². The van der Waals surface area contributed by atoms with Crippen molar-refractivity contribution in [2.45, 2.75) is 26.2 Å². The number of rotatable bonds is 3. The standard InChI is InChI=1S/C13H18N2O2S/c1-9-7-15(12(17)14-11(9)16)8-13(2,3)10-5-4-6-18-10/h4-6,9H,7-8H2,1-3H3,(H,14,16,17). The Bertz CT molecular complexity index is 454. The Kier molecular flexibility index (Phi) is 3.43. The first-order valence-corrected chi connectivity index (χ1v) is 6.92. The molecule has 0 saturated carbocycles. The van der Waals surface area contributed by atoms with Crippen LogP contribution >= 0.6 is 11.3 Å². The maximum atomic E-state index is 11.8. The van der Waals surface area contributed by atoms with Gasteiger partial charge in [-0.25, -0.2) is 4.79 Å². The normalized spacial score (nSPS) is 21.1. The van der Waals surface area contributed by atoms with Gasteiger partial charge in [-0.2, -0.15) is 0 Å². The van der Waals surface area contributed by atoms with Crippen molar-refractivity contribution in [2.24, 2.45) is 5.92 Å². The highest BCUT2D eigenvalue weighted by molar-refractivity contribution is 7.10. The Balaban J connectivity index is 2.09. The van der Waals surface area contributed by atoms with E-state index < -0.39 is 0 Å². The van der Waals surface area contributed by atoms with E-state index in [1.165, 1.54) is 4.88 Å². The molecule has 4 nitrogen and oxygen atoms in total. The van der Waals surface area contributed by atoms with Crippen LogP contribution in [0.4, 0.5) is 4.79 Å². The van der Waals surface area contributed by atoms with Crippen molar-refractivity contribution < 1.29 is 9.59 Å². The molecule has 1 aliphatic heterocycles. The van der Waals surface area contributed by atoms with Gasteiger partial charge in [0.15, 0.2) is 0 Å². The Hall–Kier alpha value is -1.36. The van der Waals surface area contributed by atoms with Crippen molar-refractivity contribution in [3.05, 3.63) is 22.4 Å². The summed E-state index contributed by atoms with van der Waals surface area (Å²) in [7, 11) is 0. The van der Waals surface area contributed by atoms with E-state index in [-0.39, 0.29) is 23.3 Å². The molecule has 1 atom stereocenters. The third-order valence-corrected chi connectivity index (χ3v) is 4.47. The SMILES string of the molecule is CC1CN(CC(C)(C)c2cccs2)C(=O)NC1=O. The third-order valence-electron chi connectivity index (χ3n) is 3.23. The summed E-state index contributed by atoms with van der Waals surface area (Å²) >= 11 is 1.70. The van der Waals surface area contributed by atoms with Crippen LogP contribution in [0.1, 0.15) is 25.6 Å². The zero-order chi connectivity index (χ0) is 13.3. The van der Waals surface area contributed by atoms with Crippen LogP contribution in [0.15, 0.2) is 17.5 Å². The minimum absolute atomic E-state index is 0.0917. The van der Waals surface area contributed by atoms with Gasteiger partial charge in [0.25, 0.3) is 0 Å². The van der Waals surface area contributed by atoms with E-state index in [1.807, 2.05) is 18.4 Å². The predicted octanol–water partition coefficient (Wildman–Crippen LogP) is 2.21. The van der Waals surface area contributed by atoms with Gasteiger partial charge >= 0.3 is 6.03 Å². The fraction of sp³-hybridized carbons (Fsp3) is 0.538. The van der Waals surface area contributed by atoms with Crippen LogP contribution in [0.25, 0.3) is 0 Å². The number of thiophene rings is 1. The molecule has 1 N–H and O–H groups in total. The fourth-order valence-electron chi connectivity index (χ4n) is 2.16. The first-order valence-electron chi connectivity index (χ1n) is 6.04. The molecule has 98 valence electrons. The minimum Gasteiger partial charge on any atom is -0.323 e. The predicted molar refractivity (Wildman–Crippen MR) is 71.6 cm³/mol. The summed E-state index contributed by atoms with van der Waals surface area (Å²) < 4.78 is 0. The summed E-state index contributed by atoms with van der Waals surface area (Å²) in [5.41, 5.74) is -0.0917. The first kappa shape index (κ1) is 13.1. The molecule has 0 aromatic carbocycles. The monoisotopic (exact) mass is 266 g/mol. The maximum Gasteiger partial charge on any atom is 0.324 e. The van der Waals surface area contributed by atoms with Gasteiger partial charge in [0.1, 0.15) is 0 Å². The Morgan fingerprint density at radius 1 is 1.50 bits per heavy atom. The second-order valence-electron chi connectivity index (χ2n) is 5.44. The fourth-order valence-corrected chi connectivity index (χ4v) is 3.00. The van der Waals surface area contributed by atoms with E-state index in [2.05, 4.69) is 25.2 Å². The number of hydrogen-bond donors (Lipinski definition) is 1.